The van der Waals surface area contributed by atoms with E-state index in [9.17, 15) is 36.6 Å². The van der Waals surface area contributed by atoms with Crippen molar-refractivity contribution in [1.29, 1.82) is 0 Å². The maximum absolute atomic E-state index is 12.7. The second-order valence-corrected chi connectivity index (χ2v) is 20.1. The maximum Gasteiger partial charge on any atom is 2.00 e. The molecular formula is C46H72N2O8RhS2. The van der Waals surface area contributed by atoms with Crippen molar-refractivity contribution in [2.24, 2.45) is 0 Å². The third-order valence-corrected chi connectivity index (χ3v) is 15.5. The molecule has 2 aliphatic heterocycles. The first-order chi connectivity index (χ1) is 27.9. The van der Waals surface area contributed by atoms with Crippen LogP contribution in [-0.4, -0.2) is 62.6 Å². The van der Waals surface area contributed by atoms with Gasteiger partial charge in [-0.2, -0.15) is 8.61 Å². The van der Waals surface area contributed by atoms with Gasteiger partial charge in [-0.1, -0.05) is 154 Å². The molecule has 0 amide bonds. The number of rotatable bonds is 28. The van der Waals surface area contributed by atoms with Crippen LogP contribution in [0.5, 0.6) is 0 Å². The molecule has 59 heavy (non-hydrogen) atoms. The quantitative estimate of drug-likeness (QED) is 0.0613. The molecule has 0 spiro atoms. The fourth-order valence-electron chi connectivity index (χ4n) is 8.09. The van der Waals surface area contributed by atoms with Crippen molar-refractivity contribution in [3.63, 3.8) is 0 Å². The molecule has 0 saturated carbocycles. The van der Waals surface area contributed by atoms with Crippen LogP contribution in [0, 0.1) is 0 Å². The molecule has 2 aromatic rings. The van der Waals surface area contributed by atoms with E-state index in [1.165, 1.54) is 116 Å². The first-order valence-electron chi connectivity index (χ1n) is 22.6. The Bertz CT molecular complexity index is 1560. The molecule has 0 N–H and O–H groups in total. The molecule has 10 nitrogen and oxygen atoms in total. The largest absolute Gasteiger partial charge is 2.00 e. The molecule has 2 aromatic carbocycles. The van der Waals surface area contributed by atoms with Gasteiger partial charge in [0.05, 0.1) is 33.8 Å². The van der Waals surface area contributed by atoms with Gasteiger partial charge in [-0.3, -0.25) is 0 Å². The molecular weight excluding hydrogens is 876 g/mol. The van der Waals surface area contributed by atoms with Crippen LogP contribution in [0.3, 0.4) is 0 Å². The monoisotopic (exact) mass is 947 g/mol. The molecule has 1 radical (unpaired) electrons. The van der Waals surface area contributed by atoms with Crippen molar-refractivity contribution in [3.8, 4) is 0 Å². The predicted octanol–water partition coefficient (Wildman–Crippen LogP) is 8.10. The SMILES string of the molecule is CCCCCCCCCCCCc1ccc(S(=O)(=O)N2CCC[C@H]2C(=O)[O-])cc1.CCCCCCCCCCCCc1ccc(S(=O)(=O)N2CCC[C@H]2C(=O)[O-])cc1.[Rh+2]. The van der Waals surface area contributed by atoms with Crippen LogP contribution in [0.1, 0.15) is 179 Å². The van der Waals surface area contributed by atoms with E-state index < -0.39 is 44.1 Å². The zero-order valence-electron chi connectivity index (χ0n) is 35.9. The average molecular weight is 948 g/mol. The summed E-state index contributed by atoms with van der Waals surface area (Å²) in [7, 11) is -7.56. The summed E-state index contributed by atoms with van der Waals surface area (Å²) in [5, 5.41) is 22.4. The first kappa shape index (κ1) is 53.0. The molecule has 335 valence electrons. The summed E-state index contributed by atoms with van der Waals surface area (Å²) < 4.78 is 53.1. The molecule has 13 heteroatoms. The Morgan fingerprint density at radius 1 is 0.492 bits per heavy atom. The van der Waals surface area contributed by atoms with E-state index in [0.717, 1.165) is 45.4 Å². The molecule has 2 heterocycles. The Kier molecular flexibility index (Phi) is 26.2. The average Bonchev–Trinajstić information content (AvgIpc) is 3.93. The van der Waals surface area contributed by atoms with Crippen molar-refractivity contribution < 1.29 is 56.1 Å². The van der Waals surface area contributed by atoms with E-state index in [2.05, 4.69) is 13.8 Å². The van der Waals surface area contributed by atoms with E-state index >= 15 is 0 Å². The second-order valence-electron chi connectivity index (χ2n) is 16.3. The van der Waals surface area contributed by atoms with Crippen LogP contribution in [-0.2, 0) is 62.0 Å². The molecule has 4 rings (SSSR count). The fourth-order valence-corrected chi connectivity index (χ4v) is 11.4. The third kappa shape index (κ3) is 18.4. The third-order valence-electron chi connectivity index (χ3n) is 11.6. The number of carboxylic acids is 2. The summed E-state index contributed by atoms with van der Waals surface area (Å²) in [5.74, 6) is -2.63. The topological polar surface area (TPSA) is 155 Å². The summed E-state index contributed by atoms with van der Waals surface area (Å²) in [4.78, 5) is 22.7. The van der Waals surface area contributed by atoms with Gasteiger partial charge in [-0.25, -0.2) is 16.8 Å². The number of sulfonamides is 2. The fraction of sp³-hybridized carbons (Fsp3) is 0.696. The van der Waals surface area contributed by atoms with Crippen LogP contribution < -0.4 is 10.2 Å². The normalized spacial score (nSPS) is 17.3. The Morgan fingerprint density at radius 3 is 1.03 bits per heavy atom. The Balaban J connectivity index is 0.000000400. The van der Waals surface area contributed by atoms with Crippen molar-refractivity contribution in [3.05, 3.63) is 59.7 Å². The number of unbranched alkanes of at least 4 members (excludes halogenated alkanes) is 18. The Labute approximate surface area is 370 Å². The van der Waals surface area contributed by atoms with Gasteiger partial charge in [0.25, 0.3) is 0 Å². The zero-order chi connectivity index (χ0) is 42.2. The van der Waals surface area contributed by atoms with E-state index in [0.29, 0.717) is 25.7 Å². The molecule has 2 aliphatic rings. The van der Waals surface area contributed by atoms with Crippen molar-refractivity contribution in [2.45, 2.75) is 203 Å². The number of hydrogen-bond acceptors (Lipinski definition) is 8. The van der Waals surface area contributed by atoms with Crippen LogP contribution in [0.15, 0.2) is 58.3 Å². The van der Waals surface area contributed by atoms with Gasteiger partial charge < -0.3 is 19.8 Å². The molecule has 2 atom stereocenters. The summed E-state index contributed by atoms with van der Waals surface area (Å²) in [5.41, 5.74) is 2.25. The number of hydrogen-bond donors (Lipinski definition) is 0. The number of carboxylic acid groups (broad SMARTS) is 2. The standard InChI is InChI=1S/2C23H37NO4S.Rh/c2*1-2-3-4-5-6-7-8-9-10-11-13-20-15-17-21(18-16-20)29(27,28)24-19-12-14-22(24)23(25)26;/h2*15-18,22H,2-14,19H2,1H3,(H,25,26);/q;;+2/p-2/t2*22-;/m00./s1. The van der Waals surface area contributed by atoms with E-state index in [-0.39, 0.29) is 42.4 Å². The minimum Gasteiger partial charge on any atom is -0.548 e. The number of aryl methyl sites for hydroxylation is 2. The molecule has 0 unspecified atom stereocenters. The van der Waals surface area contributed by atoms with Crippen LogP contribution in [0.2, 0.25) is 0 Å². The summed E-state index contributed by atoms with van der Waals surface area (Å²) in [6.45, 7) is 4.96. The summed E-state index contributed by atoms with van der Waals surface area (Å²) in [6, 6.07) is 11.7. The molecule has 0 aliphatic carbocycles. The van der Waals surface area contributed by atoms with Crippen molar-refractivity contribution >= 4 is 32.0 Å². The minimum absolute atomic E-state index is 0. The smallest absolute Gasteiger partial charge is 0.548 e. The van der Waals surface area contributed by atoms with Gasteiger partial charge in [0.2, 0.25) is 20.0 Å². The van der Waals surface area contributed by atoms with E-state index in [4.69, 9.17) is 0 Å². The first-order valence-corrected chi connectivity index (χ1v) is 25.4. The van der Waals surface area contributed by atoms with E-state index in [1.54, 1.807) is 24.3 Å². The van der Waals surface area contributed by atoms with Gasteiger partial charge in [0.15, 0.2) is 0 Å². The molecule has 0 aromatic heterocycles. The number of carbonyl (C=O) groups excluding carboxylic acids is 2. The maximum atomic E-state index is 12.7. The van der Waals surface area contributed by atoms with Gasteiger partial charge in [-0.15, -0.1) is 0 Å². The number of carbonyl (C=O) groups is 2. The molecule has 2 fully saturated rings. The second kappa shape index (κ2) is 29.2. The van der Waals surface area contributed by atoms with Crippen molar-refractivity contribution in [2.75, 3.05) is 13.1 Å². The van der Waals surface area contributed by atoms with Crippen LogP contribution in [0.25, 0.3) is 0 Å². The Hall–Kier alpha value is -2.18. The van der Waals surface area contributed by atoms with Gasteiger partial charge in [0.1, 0.15) is 0 Å². The van der Waals surface area contributed by atoms with Gasteiger partial charge in [0, 0.05) is 13.1 Å². The number of aliphatic carboxylic acids is 2. The predicted molar refractivity (Wildman–Crippen MR) is 228 cm³/mol. The number of nitrogens with zero attached hydrogens (tertiary/aromatic N) is 2. The van der Waals surface area contributed by atoms with E-state index in [1.807, 2.05) is 24.3 Å². The van der Waals surface area contributed by atoms with Crippen molar-refractivity contribution in [1.82, 2.24) is 8.61 Å². The van der Waals surface area contributed by atoms with Gasteiger partial charge in [-0.05, 0) is 86.8 Å². The molecule has 0 bridgehead atoms. The summed E-state index contributed by atoms with van der Waals surface area (Å²) >= 11 is 0. The van der Waals surface area contributed by atoms with Crippen LogP contribution >= 0.6 is 0 Å². The van der Waals surface area contributed by atoms with Gasteiger partial charge >= 0.3 is 19.5 Å². The van der Waals surface area contributed by atoms with Crippen LogP contribution in [0.4, 0.5) is 0 Å². The summed E-state index contributed by atoms with van der Waals surface area (Å²) in [6.07, 6.45) is 29.5. The molecule has 2 saturated heterocycles. The number of benzene rings is 2. The zero-order valence-corrected chi connectivity index (χ0v) is 39.2. The Morgan fingerprint density at radius 2 is 0.763 bits per heavy atom. The minimum atomic E-state index is -3.78.